The Balaban J connectivity index is 1.55. The van der Waals surface area contributed by atoms with Gasteiger partial charge in [-0.1, -0.05) is 0 Å². The van der Waals surface area contributed by atoms with Crippen LogP contribution in [0.25, 0.3) is 0 Å². The predicted molar refractivity (Wildman–Crippen MR) is 64.4 cm³/mol. The van der Waals surface area contributed by atoms with E-state index in [2.05, 4.69) is 10.6 Å². The van der Waals surface area contributed by atoms with Crippen molar-refractivity contribution in [1.29, 1.82) is 0 Å². The first-order valence-corrected chi connectivity index (χ1v) is 6.51. The molecule has 0 radical (unpaired) electrons. The normalized spacial score (nSPS) is 20.1. The van der Waals surface area contributed by atoms with Crippen LogP contribution in [-0.4, -0.2) is 49.4 Å². The molecular weight excluding hydrogens is 218 g/mol. The minimum absolute atomic E-state index is 0.0747. The molecule has 2 N–H and O–H groups in total. The third-order valence-corrected chi connectivity index (χ3v) is 3.46. The average Bonchev–Trinajstić information content (AvgIpc) is 2.76. The van der Waals surface area contributed by atoms with Crippen LogP contribution in [0, 0.1) is 5.92 Å². The number of nitrogens with zero attached hydrogens (tertiary/aromatic N) is 1. The quantitative estimate of drug-likeness (QED) is 0.694. The summed E-state index contributed by atoms with van der Waals surface area (Å²) in [5.41, 5.74) is 0. The molecule has 2 fully saturated rings. The van der Waals surface area contributed by atoms with Crippen molar-refractivity contribution in [1.82, 2.24) is 15.5 Å². The van der Waals surface area contributed by atoms with Crippen molar-refractivity contribution in [3.8, 4) is 0 Å². The largest absolute Gasteiger partial charge is 0.356 e. The first-order chi connectivity index (χ1) is 8.25. The first kappa shape index (κ1) is 12.4. The lowest BCUT2D eigenvalue weighted by Gasteiger charge is -2.26. The highest BCUT2D eigenvalue weighted by Crippen LogP contribution is 2.09. The van der Waals surface area contributed by atoms with Gasteiger partial charge in [0.05, 0.1) is 0 Å². The highest BCUT2D eigenvalue weighted by atomic mass is 16.2. The van der Waals surface area contributed by atoms with Gasteiger partial charge >= 0.3 is 0 Å². The first-order valence-electron chi connectivity index (χ1n) is 6.51. The Morgan fingerprint density at radius 2 is 1.94 bits per heavy atom. The van der Waals surface area contributed by atoms with Crippen LogP contribution in [0.2, 0.25) is 0 Å². The SMILES string of the molecule is O=C(CC1CNC1)NCCC(=O)N1CCCC1. The van der Waals surface area contributed by atoms with Gasteiger partial charge in [-0.3, -0.25) is 9.59 Å². The molecule has 0 atom stereocenters. The summed E-state index contributed by atoms with van der Waals surface area (Å²) in [6.07, 6.45) is 3.26. The number of nitrogens with one attached hydrogen (secondary N) is 2. The predicted octanol–water partition coefficient (Wildman–Crippen LogP) is -0.275. The van der Waals surface area contributed by atoms with Crippen molar-refractivity contribution < 1.29 is 9.59 Å². The Morgan fingerprint density at radius 1 is 1.24 bits per heavy atom. The molecule has 0 aromatic rings. The maximum atomic E-state index is 11.7. The Morgan fingerprint density at radius 3 is 2.53 bits per heavy atom. The molecule has 0 saturated carbocycles. The number of hydrogen-bond donors (Lipinski definition) is 2. The number of carbonyl (C=O) groups is 2. The van der Waals surface area contributed by atoms with Crippen LogP contribution >= 0.6 is 0 Å². The Bertz CT molecular complexity index is 283. The molecule has 0 aromatic heterocycles. The van der Waals surface area contributed by atoms with Crippen molar-refractivity contribution in [3.63, 3.8) is 0 Å². The van der Waals surface area contributed by atoms with E-state index in [0.29, 0.717) is 25.3 Å². The van der Waals surface area contributed by atoms with Crippen LogP contribution in [0.3, 0.4) is 0 Å². The molecule has 0 bridgehead atoms. The highest BCUT2D eigenvalue weighted by Gasteiger charge is 2.20. The third kappa shape index (κ3) is 3.70. The molecule has 0 unspecified atom stereocenters. The second-order valence-corrected chi connectivity index (χ2v) is 4.92. The van der Waals surface area contributed by atoms with Gasteiger partial charge in [0.15, 0.2) is 0 Å². The number of hydrogen-bond acceptors (Lipinski definition) is 3. The number of amides is 2. The van der Waals surface area contributed by atoms with E-state index >= 15 is 0 Å². The zero-order valence-corrected chi connectivity index (χ0v) is 10.2. The van der Waals surface area contributed by atoms with E-state index in [0.717, 1.165) is 39.0 Å². The monoisotopic (exact) mass is 239 g/mol. The fourth-order valence-electron chi connectivity index (χ4n) is 2.26. The molecular formula is C12H21N3O2. The van der Waals surface area contributed by atoms with Crippen molar-refractivity contribution in [3.05, 3.63) is 0 Å². The van der Waals surface area contributed by atoms with Gasteiger partial charge in [0.25, 0.3) is 0 Å². The third-order valence-electron chi connectivity index (χ3n) is 3.46. The van der Waals surface area contributed by atoms with Crippen LogP contribution in [0.5, 0.6) is 0 Å². The summed E-state index contributed by atoms with van der Waals surface area (Å²) in [5.74, 6) is 0.739. The van der Waals surface area contributed by atoms with Crippen LogP contribution in [0.4, 0.5) is 0 Å². The van der Waals surface area contributed by atoms with Crippen LogP contribution < -0.4 is 10.6 Å². The fourth-order valence-corrected chi connectivity index (χ4v) is 2.26. The molecule has 5 heteroatoms. The average molecular weight is 239 g/mol. The van der Waals surface area contributed by atoms with E-state index in [1.165, 1.54) is 0 Å². The van der Waals surface area contributed by atoms with Crippen LogP contribution in [0.1, 0.15) is 25.7 Å². The van der Waals surface area contributed by atoms with Gasteiger partial charge in [0, 0.05) is 32.5 Å². The molecule has 2 heterocycles. The van der Waals surface area contributed by atoms with Gasteiger partial charge in [0.1, 0.15) is 0 Å². The lowest BCUT2D eigenvalue weighted by Crippen LogP contribution is -2.44. The standard InChI is InChI=1S/C12H21N3O2/c16-11(7-10-8-13-9-10)14-4-3-12(17)15-5-1-2-6-15/h10,13H,1-9H2,(H,14,16). The Labute approximate surface area is 102 Å². The summed E-state index contributed by atoms with van der Waals surface area (Å²) in [6.45, 7) is 4.15. The van der Waals surface area contributed by atoms with Gasteiger partial charge in [-0.25, -0.2) is 0 Å². The zero-order valence-electron chi connectivity index (χ0n) is 10.2. The summed E-state index contributed by atoms with van der Waals surface area (Å²) in [4.78, 5) is 25.1. The lowest BCUT2D eigenvalue weighted by molar-refractivity contribution is -0.130. The molecule has 96 valence electrons. The summed E-state index contributed by atoms with van der Waals surface area (Å²) in [5, 5.41) is 5.96. The maximum Gasteiger partial charge on any atom is 0.224 e. The molecule has 5 nitrogen and oxygen atoms in total. The van der Waals surface area contributed by atoms with E-state index in [-0.39, 0.29) is 11.8 Å². The zero-order chi connectivity index (χ0) is 12.1. The molecule has 2 saturated heterocycles. The number of likely N-dealkylation sites (tertiary alicyclic amines) is 1. The van der Waals surface area contributed by atoms with E-state index in [9.17, 15) is 9.59 Å². The molecule has 17 heavy (non-hydrogen) atoms. The van der Waals surface area contributed by atoms with Crippen molar-refractivity contribution >= 4 is 11.8 Å². The van der Waals surface area contributed by atoms with E-state index in [1.807, 2.05) is 4.90 Å². The second kappa shape index (κ2) is 6.00. The van der Waals surface area contributed by atoms with Crippen LogP contribution in [0.15, 0.2) is 0 Å². The van der Waals surface area contributed by atoms with Gasteiger partial charge in [-0.05, 0) is 31.8 Å². The van der Waals surface area contributed by atoms with Crippen molar-refractivity contribution in [2.75, 3.05) is 32.7 Å². The minimum atomic E-state index is 0.0747. The Hall–Kier alpha value is -1.10. The fraction of sp³-hybridized carbons (Fsp3) is 0.833. The molecule has 2 rings (SSSR count). The molecule has 2 amide bonds. The molecule has 2 aliphatic heterocycles. The molecule has 0 aromatic carbocycles. The van der Waals surface area contributed by atoms with Crippen molar-refractivity contribution in [2.24, 2.45) is 5.92 Å². The maximum absolute atomic E-state index is 11.7. The highest BCUT2D eigenvalue weighted by molar-refractivity contribution is 5.79. The summed E-state index contributed by atoms with van der Waals surface area (Å²) in [6, 6.07) is 0. The van der Waals surface area contributed by atoms with Crippen molar-refractivity contribution in [2.45, 2.75) is 25.7 Å². The second-order valence-electron chi connectivity index (χ2n) is 4.92. The molecule has 2 aliphatic rings. The van der Waals surface area contributed by atoms with Gasteiger partial charge in [-0.15, -0.1) is 0 Å². The minimum Gasteiger partial charge on any atom is -0.356 e. The Kier molecular flexibility index (Phi) is 4.36. The lowest BCUT2D eigenvalue weighted by atomic mass is 9.99. The number of carbonyl (C=O) groups excluding carboxylic acids is 2. The van der Waals surface area contributed by atoms with E-state index in [1.54, 1.807) is 0 Å². The topological polar surface area (TPSA) is 61.4 Å². The van der Waals surface area contributed by atoms with Gasteiger partial charge < -0.3 is 15.5 Å². The molecule has 0 aliphatic carbocycles. The van der Waals surface area contributed by atoms with E-state index in [4.69, 9.17) is 0 Å². The van der Waals surface area contributed by atoms with Crippen LogP contribution in [-0.2, 0) is 9.59 Å². The smallest absolute Gasteiger partial charge is 0.224 e. The summed E-state index contributed by atoms with van der Waals surface area (Å²) >= 11 is 0. The van der Waals surface area contributed by atoms with E-state index < -0.39 is 0 Å². The number of rotatable bonds is 5. The van der Waals surface area contributed by atoms with Gasteiger partial charge in [-0.2, -0.15) is 0 Å². The van der Waals surface area contributed by atoms with Gasteiger partial charge in [0.2, 0.25) is 11.8 Å². The molecule has 0 spiro atoms. The summed E-state index contributed by atoms with van der Waals surface area (Å²) in [7, 11) is 0. The summed E-state index contributed by atoms with van der Waals surface area (Å²) < 4.78 is 0.